The molecule has 0 radical (unpaired) electrons. The standard InChI is InChI=1S/C18H18F2O8S/c19-18(20,29-28-27-24)17(23)26-9-8-25-13-7-3-6-12-14(13)16(22)11-5-2-1-4-10(11)15(12)21/h3,6-7,10-11,24H,1-2,4-5,8-9H2/p-1. The summed E-state index contributed by atoms with van der Waals surface area (Å²) in [4.78, 5) is 37.0. The maximum atomic E-state index is 13.3. The molecule has 11 heteroatoms. The molecule has 1 fully saturated rings. The van der Waals surface area contributed by atoms with Crippen molar-refractivity contribution in [1.82, 2.24) is 0 Å². The maximum Gasteiger partial charge on any atom is 0.415 e. The number of esters is 1. The van der Waals surface area contributed by atoms with Crippen LogP contribution < -0.4 is 9.99 Å². The fourth-order valence-electron chi connectivity index (χ4n) is 3.72. The van der Waals surface area contributed by atoms with Crippen LogP contribution in [-0.4, -0.2) is 36.0 Å². The number of benzene rings is 1. The predicted molar refractivity (Wildman–Crippen MR) is 91.7 cm³/mol. The van der Waals surface area contributed by atoms with Gasteiger partial charge in [0.15, 0.2) is 11.6 Å². The fourth-order valence-corrected chi connectivity index (χ4v) is 3.96. The van der Waals surface area contributed by atoms with Crippen molar-refractivity contribution in [3.05, 3.63) is 29.3 Å². The molecule has 0 heterocycles. The van der Waals surface area contributed by atoms with Gasteiger partial charge in [-0.3, -0.25) is 14.6 Å². The second kappa shape index (κ2) is 9.16. The number of alkyl halides is 2. The highest BCUT2D eigenvalue weighted by Gasteiger charge is 2.44. The van der Waals surface area contributed by atoms with Crippen LogP contribution in [0, 0.1) is 11.8 Å². The van der Waals surface area contributed by atoms with Gasteiger partial charge in [0, 0.05) is 17.4 Å². The van der Waals surface area contributed by atoms with Crippen molar-refractivity contribution in [3.8, 4) is 5.75 Å². The Morgan fingerprint density at radius 1 is 1.14 bits per heavy atom. The van der Waals surface area contributed by atoms with Crippen molar-refractivity contribution in [1.29, 1.82) is 0 Å². The minimum atomic E-state index is -4.14. The monoisotopic (exact) mass is 431 g/mol. The summed E-state index contributed by atoms with van der Waals surface area (Å²) < 4.78 is 39.8. The van der Waals surface area contributed by atoms with Crippen molar-refractivity contribution in [3.63, 3.8) is 0 Å². The third-order valence-electron chi connectivity index (χ3n) is 4.96. The highest BCUT2D eigenvalue weighted by Crippen LogP contribution is 2.42. The second-order valence-corrected chi connectivity index (χ2v) is 7.44. The van der Waals surface area contributed by atoms with Gasteiger partial charge in [0.05, 0.1) is 5.56 Å². The Morgan fingerprint density at radius 3 is 2.52 bits per heavy atom. The van der Waals surface area contributed by atoms with Crippen LogP contribution in [0.1, 0.15) is 46.4 Å². The third-order valence-corrected chi connectivity index (χ3v) is 5.46. The second-order valence-electron chi connectivity index (χ2n) is 6.63. The summed E-state index contributed by atoms with van der Waals surface area (Å²) in [6.45, 7) is -0.873. The number of carbonyl (C=O) groups excluding carboxylic acids is 3. The smallest absolute Gasteiger partial charge is 0.415 e. The van der Waals surface area contributed by atoms with Gasteiger partial charge >= 0.3 is 11.2 Å². The number of hydrogen-bond donors (Lipinski definition) is 0. The summed E-state index contributed by atoms with van der Waals surface area (Å²) in [5.74, 6) is -2.72. The SMILES string of the molecule is O=C1c2cccc(OCCOC(=O)C(F)(F)SOO[O-])c2C(=O)C2CCCCC12. The van der Waals surface area contributed by atoms with Gasteiger partial charge in [-0.15, -0.1) is 0 Å². The first-order valence-electron chi connectivity index (χ1n) is 8.90. The molecule has 0 spiro atoms. The molecule has 2 aliphatic carbocycles. The number of hydrogen-bond acceptors (Lipinski definition) is 9. The lowest BCUT2D eigenvalue weighted by Gasteiger charge is -2.34. The molecule has 8 nitrogen and oxygen atoms in total. The number of rotatable bonds is 8. The molecular weight excluding hydrogens is 414 g/mol. The van der Waals surface area contributed by atoms with Gasteiger partial charge < -0.3 is 14.7 Å². The van der Waals surface area contributed by atoms with E-state index >= 15 is 0 Å². The van der Waals surface area contributed by atoms with Crippen LogP contribution in [0.2, 0.25) is 0 Å². The maximum absolute atomic E-state index is 13.3. The normalized spacial score (nSPS) is 21.3. The average molecular weight is 431 g/mol. The molecule has 2 aliphatic rings. The van der Waals surface area contributed by atoms with Crippen molar-refractivity contribution in [2.24, 2.45) is 11.8 Å². The van der Waals surface area contributed by atoms with Crippen molar-refractivity contribution in [2.75, 3.05) is 13.2 Å². The van der Waals surface area contributed by atoms with E-state index in [2.05, 4.69) is 14.1 Å². The molecule has 158 valence electrons. The Labute approximate surface area is 168 Å². The zero-order valence-electron chi connectivity index (χ0n) is 15.1. The summed E-state index contributed by atoms with van der Waals surface area (Å²) in [5, 5.41) is 8.19. The molecule has 0 aromatic heterocycles. The Balaban J connectivity index is 1.63. The Bertz CT molecular complexity index is 800. The summed E-state index contributed by atoms with van der Waals surface area (Å²) in [6.07, 6.45) is 3.11. The number of Topliss-reactive ketones (excluding diaryl/α,β-unsaturated/α-hetero) is 2. The van der Waals surface area contributed by atoms with E-state index in [1.165, 1.54) is 6.07 Å². The fraction of sp³-hybridized carbons (Fsp3) is 0.500. The molecule has 0 saturated heterocycles. The molecule has 3 rings (SSSR count). The number of carbonyl (C=O) groups is 3. The molecule has 2 unspecified atom stereocenters. The van der Waals surface area contributed by atoms with Gasteiger partial charge in [0.1, 0.15) is 31.0 Å². The number of halogens is 2. The topological polar surface area (TPSA) is 111 Å². The van der Waals surface area contributed by atoms with Crippen LogP contribution in [0.15, 0.2) is 18.2 Å². The zero-order valence-corrected chi connectivity index (χ0v) is 15.9. The minimum absolute atomic E-state index is 0.0848. The number of ether oxygens (including phenoxy) is 2. The zero-order chi connectivity index (χ0) is 21.0. The predicted octanol–water partition coefficient (Wildman–Crippen LogP) is 2.26. The van der Waals surface area contributed by atoms with E-state index in [0.717, 1.165) is 12.8 Å². The molecule has 0 aliphatic heterocycles. The highest BCUT2D eigenvalue weighted by atomic mass is 32.2. The highest BCUT2D eigenvalue weighted by molar-refractivity contribution is 7.96. The third kappa shape index (κ3) is 4.58. The van der Waals surface area contributed by atoms with E-state index in [9.17, 15) is 28.4 Å². The summed E-state index contributed by atoms with van der Waals surface area (Å²) in [7, 11) is 0. The molecule has 0 bridgehead atoms. The molecule has 29 heavy (non-hydrogen) atoms. The van der Waals surface area contributed by atoms with Gasteiger partial charge in [0.25, 0.3) is 0 Å². The molecule has 2 atom stereocenters. The number of fused-ring (bicyclic) bond motifs is 2. The molecular formula is C18H17F2O8S-. The van der Waals surface area contributed by atoms with Crippen molar-refractivity contribution in [2.45, 2.75) is 30.9 Å². The van der Waals surface area contributed by atoms with Crippen LogP contribution in [0.4, 0.5) is 8.78 Å². The van der Waals surface area contributed by atoms with Crippen LogP contribution in [0.5, 0.6) is 5.75 Å². The van der Waals surface area contributed by atoms with E-state index in [-0.39, 0.29) is 41.3 Å². The van der Waals surface area contributed by atoms with E-state index in [4.69, 9.17) is 4.74 Å². The van der Waals surface area contributed by atoms with E-state index in [1.54, 1.807) is 12.1 Å². The van der Waals surface area contributed by atoms with Crippen LogP contribution >= 0.6 is 12.0 Å². The Hall–Kier alpha value is -2.08. The van der Waals surface area contributed by atoms with Crippen molar-refractivity contribution >= 4 is 29.6 Å². The molecule has 1 aromatic rings. The van der Waals surface area contributed by atoms with Gasteiger partial charge in [-0.25, -0.2) is 4.79 Å². The van der Waals surface area contributed by atoms with Gasteiger partial charge in [0.2, 0.25) is 0 Å². The largest absolute Gasteiger partial charge is 0.691 e. The van der Waals surface area contributed by atoms with Crippen molar-refractivity contribution < 1.29 is 47.3 Å². The molecule has 1 aromatic carbocycles. The summed E-state index contributed by atoms with van der Waals surface area (Å²) in [6, 6.07) is 4.64. The lowest BCUT2D eigenvalue weighted by atomic mass is 9.67. The number of ketones is 2. The lowest BCUT2D eigenvalue weighted by Crippen LogP contribution is -2.38. The van der Waals surface area contributed by atoms with Gasteiger partial charge in [-0.1, -0.05) is 25.0 Å². The van der Waals surface area contributed by atoms with E-state index in [1.807, 2.05) is 0 Å². The summed E-state index contributed by atoms with van der Waals surface area (Å²) in [5.41, 5.74) is 0.485. The summed E-state index contributed by atoms with van der Waals surface area (Å²) >= 11 is -0.795. The van der Waals surface area contributed by atoms with Crippen LogP contribution in [-0.2, 0) is 18.9 Å². The van der Waals surface area contributed by atoms with Crippen LogP contribution in [0.3, 0.4) is 0 Å². The lowest BCUT2D eigenvalue weighted by molar-refractivity contribution is -0.777. The first-order chi connectivity index (χ1) is 13.9. The first-order valence-corrected chi connectivity index (χ1v) is 9.64. The van der Waals surface area contributed by atoms with Gasteiger partial charge in [-0.2, -0.15) is 13.1 Å². The van der Waals surface area contributed by atoms with Crippen LogP contribution in [0.25, 0.3) is 0 Å². The first kappa shape index (κ1) is 21.6. The minimum Gasteiger partial charge on any atom is -0.691 e. The van der Waals surface area contributed by atoms with E-state index in [0.29, 0.717) is 18.4 Å². The molecule has 0 N–H and O–H groups in total. The van der Waals surface area contributed by atoms with E-state index < -0.39 is 29.9 Å². The Kier molecular flexibility index (Phi) is 6.83. The van der Waals surface area contributed by atoms with Gasteiger partial charge in [-0.05, 0) is 18.9 Å². The molecule has 0 amide bonds. The Morgan fingerprint density at radius 2 is 1.83 bits per heavy atom. The molecule has 1 saturated carbocycles. The quantitative estimate of drug-likeness (QED) is 0.201. The average Bonchev–Trinajstić information content (AvgIpc) is 2.73.